The van der Waals surface area contributed by atoms with Crippen molar-refractivity contribution < 1.29 is 129 Å². The molecule has 0 aromatic rings. The summed E-state index contributed by atoms with van der Waals surface area (Å²) in [6.07, 6.45) is 9.57. The highest BCUT2D eigenvalue weighted by Crippen LogP contribution is 2.01. The molecular formula is C46H100N4O26. The number of hydrogen-bond acceptors (Lipinski definition) is 25. The van der Waals surface area contributed by atoms with E-state index >= 15 is 0 Å². The molecule has 0 aliphatic carbocycles. The van der Waals surface area contributed by atoms with Crippen LogP contribution in [0.15, 0.2) is 0 Å². The molecule has 0 bridgehead atoms. The molecule has 0 fully saturated rings. The number of aliphatic carboxylic acids is 5. The summed E-state index contributed by atoms with van der Waals surface area (Å²) in [6.45, 7) is 14.3. The van der Waals surface area contributed by atoms with Gasteiger partial charge in [-0.1, -0.05) is 87.6 Å². The predicted molar refractivity (Wildman–Crippen MR) is 272 cm³/mol. The van der Waals surface area contributed by atoms with Gasteiger partial charge in [0.1, 0.15) is 0 Å². The van der Waals surface area contributed by atoms with Gasteiger partial charge in [-0.25, -0.2) is 0 Å². The van der Waals surface area contributed by atoms with Crippen molar-refractivity contribution in [2.75, 3.05) is 132 Å². The number of carboxylic acids is 5. The zero-order valence-corrected chi connectivity index (χ0v) is 45.9. The van der Waals surface area contributed by atoms with E-state index < -0.39 is 29.8 Å². The van der Waals surface area contributed by atoms with E-state index in [1.165, 1.54) is 20.9 Å². The average molecular weight is 1130 g/mol. The number of carbonyl (C=O) groups is 5. The summed E-state index contributed by atoms with van der Waals surface area (Å²) >= 11 is 0. The first-order valence-corrected chi connectivity index (χ1v) is 25.5. The highest BCUT2D eigenvalue weighted by Gasteiger charge is 2.08. The Morgan fingerprint density at radius 2 is 0.421 bits per heavy atom. The van der Waals surface area contributed by atoms with E-state index in [0.717, 1.165) is 64.2 Å². The van der Waals surface area contributed by atoms with Gasteiger partial charge in [0.2, 0.25) is 0 Å². The molecule has 0 radical (unpaired) electrons. The lowest BCUT2D eigenvalue weighted by Gasteiger charge is -2.19. The molecule has 0 aromatic carbocycles. The minimum absolute atomic E-state index is 0.0366. The molecular weight excluding hydrogens is 1020 g/mol. The van der Waals surface area contributed by atoms with Crippen LogP contribution in [0, 0.1) is 0 Å². The molecule has 30 heteroatoms. The molecule has 460 valence electrons. The third kappa shape index (κ3) is 96.2. The van der Waals surface area contributed by atoms with Crippen LogP contribution in [0.2, 0.25) is 0 Å². The van der Waals surface area contributed by atoms with Crippen molar-refractivity contribution in [3.05, 3.63) is 0 Å². The highest BCUT2D eigenvalue weighted by atomic mass is 17.0. The molecule has 30 nitrogen and oxygen atoms in total. The lowest BCUT2D eigenvalue weighted by atomic mass is 10.2. The number of hydroxylamine groups is 8. The van der Waals surface area contributed by atoms with Crippen molar-refractivity contribution in [1.29, 1.82) is 0 Å². The number of rotatable bonds is 46. The third-order valence-corrected chi connectivity index (χ3v) is 7.47. The zero-order valence-electron chi connectivity index (χ0n) is 45.9. The lowest BCUT2D eigenvalue weighted by molar-refractivity contribution is -0.371. The Bertz CT molecular complexity index is 976. The van der Waals surface area contributed by atoms with Gasteiger partial charge in [-0.15, -0.1) is 0 Å². The Balaban J connectivity index is -0.000000148. The fraction of sp³-hybridized carbons (Fsp3) is 0.891. The van der Waals surface area contributed by atoms with Crippen molar-refractivity contribution in [2.24, 2.45) is 0 Å². The smallest absolute Gasteiger partial charge is 0.303 e. The van der Waals surface area contributed by atoms with E-state index in [1.54, 1.807) is 0 Å². The molecule has 13 N–H and O–H groups in total. The number of aliphatic hydroxyl groups is 8. The van der Waals surface area contributed by atoms with Crippen LogP contribution in [-0.4, -0.2) is 249 Å². The molecule has 76 heavy (non-hydrogen) atoms. The Labute approximate surface area is 448 Å². The summed E-state index contributed by atoms with van der Waals surface area (Å²) in [4.78, 5) is 89.0. The van der Waals surface area contributed by atoms with Crippen LogP contribution in [0.25, 0.3) is 0 Å². The fourth-order valence-electron chi connectivity index (χ4n) is 3.89. The van der Waals surface area contributed by atoms with Crippen molar-refractivity contribution in [3.63, 3.8) is 0 Å². The van der Waals surface area contributed by atoms with Crippen LogP contribution in [0.1, 0.15) is 137 Å². The lowest BCUT2D eigenvalue weighted by Crippen LogP contribution is -2.28. The van der Waals surface area contributed by atoms with E-state index in [2.05, 4.69) is 27.7 Å². The maximum absolute atomic E-state index is 9.79. The van der Waals surface area contributed by atoms with E-state index in [4.69, 9.17) is 105 Å². The second-order valence-electron chi connectivity index (χ2n) is 14.5. The zero-order chi connectivity index (χ0) is 59.3. The minimum atomic E-state index is -1.08. The summed E-state index contributed by atoms with van der Waals surface area (Å²) in [7, 11) is 0. The van der Waals surface area contributed by atoms with Gasteiger partial charge in [0.05, 0.1) is 145 Å². The maximum atomic E-state index is 9.79. The molecule has 0 unspecified atom stereocenters. The first-order chi connectivity index (χ1) is 36.4. The predicted octanol–water partition coefficient (Wildman–Crippen LogP) is 1.27. The number of nitrogens with zero attached hydrogens (tertiary/aromatic N) is 4. The van der Waals surface area contributed by atoms with E-state index in [9.17, 15) is 24.0 Å². The van der Waals surface area contributed by atoms with Gasteiger partial charge in [0, 0.05) is 19.3 Å². The number of aliphatic hydroxyl groups excluding tert-OH is 8. The van der Waals surface area contributed by atoms with Crippen LogP contribution < -0.4 is 0 Å². The minimum Gasteiger partial charge on any atom is -0.481 e. The molecule has 0 atom stereocenters. The van der Waals surface area contributed by atoms with Crippen molar-refractivity contribution in [3.8, 4) is 0 Å². The molecule has 0 spiro atoms. The average Bonchev–Trinajstić information content (AvgIpc) is 3.39. The molecule has 0 aliphatic rings. The van der Waals surface area contributed by atoms with Crippen LogP contribution >= 0.6 is 0 Å². The van der Waals surface area contributed by atoms with E-state index in [1.807, 2.05) is 6.92 Å². The van der Waals surface area contributed by atoms with Crippen molar-refractivity contribution in [2.45, 2.75) is 137 Å². The summed E-state index contributed by atoms with van der Waals surface area (Å²) in [5.41, 5.74) is 0. The first kappa shape index (κ1) is 86.4. The number of hydrogen-bond donors (Lipinski definition) is 13. The largest absolute Gasteiger partial charge is 0.481 e. The summed E-state index contributed by atoms with van der Waals surface area (Å²) < 4.78 is 0. The second kappa shape index (κ2) is 78.0. The Hall–Kier alpha value is -3.45. The van der Waals surface area contributed by atoms with Crippen LogP contribution in [-0.2, 0) is 62.7 Å². The van der Waals surface area contributed by atoms with Gasteiger partial charge in [-0.2, -0.15) is 0 Å². The van der Waals surface area contributed by atoms with Crippen LogP contribution in [0.4, 0.5) is 0 Å². The summed E-state index contributed by atoms with van der Waals surface area (Å²) in [5, 5.41) is 113. The third-order valence-electron chi connectivity index (χ3n) is 7.47. The number of carboxylic acid groups (broad SMARTS) is 5. The Kier molecular flexibility index (Phi) is 88.8. The van der Waals surface area contributed by atoms with Gasteiger partial charge in [-0.3, -0.25) is 62.7 Å². The first-order valence-electron chi connectivity index (χ1n) is 25.5. The molecule has 0 rings (SSSR count). The summed E-state index contributed by atoms with van der Waals surface area (Å²) in [5.74, 6) is -4.74. The van der Waals surface area contributed by atoms with Crippen LogP contribution in [0.5, 0.6) is 0 Å². The van der Waals surface area contributed by atoms with Gasteiger partial charge < -0.3 is 66.4 Å². The molecule has 0 saturated heterocycles. The topological polar surface area (TPSA) is 435 Å². The Morgan fingerprint density at radius 3 is 0.539 bits per heavy atom. The van der Waals surface area contributed by atoms with Crippen molar-refractivity contribution >= 4 is 29.8 Å². The van der Waals surface area contributed by atoms with E-state index in [-0.39, 0.29) is 138 Å². The number of unbranched alkanes of at least 4 members (excludes halogenated alkanes) is 5. The van der Waals surface area contributed by atoms with Gasteiger partial charge in [0.25, 0.3) is 0 Å². The molecule has 0 amide bonds. The second-order valence-corrected chi connectivity index (χ2v) is 14.5. The highest BCUT2D eigenvalue weighted by molar-refractivity contribution is 5.75. The molecule has 0 saturated carbocycles. The summed E-state index contributed by atoms with van der Waals surface area (Å²) in [6, 6.07) is 0. The normalized spacial score (nSPS) is 10.3. The molecule has 0 aromatic heterocycles. The maximum Gasteiger partial charge on any atom is 0.303 e. The van der Waals surface area contributed by atoms with Crippen LogP contribution in [0.3, 0.4) is 0 Å². The standard InChI is InChI=1S/4C8H19NO4.C5H8O4.C5H10O2.C4H6O4/c4*1-2-3-4-9(12-7-5-10)13-8-6-11;6-4(7)2-1-3-5(8)9;1-2-3-4-5(6)7;5-3(6)1-2-4(7)8/h4*10-11H,2-8H2,1H3;1-3H2,(H,6,7)(H,8,9);2-4H2,1H3,(H,6,7);1-2H2,(H,5,6)(H,7,8). The quantitative estimate of drug-likeness (QED) is 0.0382. The van der Waals surface area contributed by atoms with Gasteiger partial charge in [0.15, 0.2) is 0 Å². The van der Waals surface area contributed by atoms with Crippen molar-refractivity contribution in [1.82, 2.24) is 20.9 Å². The SMILES string of the molecule is CCCCC(=O)O.CCCCN(OCCO)OCCO.CCCCN(OCCO)OCCO.CCCCN(OCCO)OCCO.CCCCN(OCCO)OCCO.O=C(O)CCC(=O)O.O=C(O)CCCC(=O)O. The molecule has 0 aliphatic heterocycles. The van der Waals surface area contributed by atoms with Gasteiger partial charge in [-0.05, 0) is 38.5 Å². The van der Waals surface area contributed by atoms with E-state index in [0.29, 0.717) is 32.6 Å². The Morgan fingerprint density at radius 1 is 0.263 bits per heavy atom. The molecule has 0 heterocycles. The van der Waals surface area contributed by atoms with Gasteiger partial charge >= 0.3 is 29.8 Å². The fourth-order valence-corrected chi connectivity index (χ4v) is 3.89. The monoisotopic (exact) mass is 1120 g/mol.